The summed E-state index contributed by atoms with van der Waals surface area (Å²) in [6.07, 6.45) is -0.295. The highest BCUT2D eigenvalue weighted by Crippen LogP contribution is 2.22. The average Bonchev–Trinajstić information content (AvgIpc) is 2.38. The Morgan fingerprint density at radius 1 is 1.15 bits per heavy atom. The van der Waals surface area contributed by atoms with Gasteiger partial charge in [0.05, 0.1) is 5.56 Å². The summed E-state index contributed by atoms with van der Waals surface area (Å²) in [5, 5.41) is 0.0480. The molecule has 0 atom stereocenters. The number of halogens is 4. The van der Waals surface area contributed by atoms with E-state index in [1.807, 2.05) is 0 Å². The summed E-state index contributed by atoms with van der Waals surface area (Å²) in [6.45, 7) is 1.44. The average molecular weight is 299 g/mol. The minimum absolute atomic E-state index is 0.0480. The Balaban J connectivity index is 2.36. The molecule has 1 nitrogen and oxygen atoms in total. The zero-order chi connectivity index (χ0) is 14.9. The van der Waals surface area contributed by atoms with Crippen molar-refractivity contribution in [2.24, 2.45) is 0 Å². The van der Waals surface area contributed by atoms with E-state index in [-0.39, 0.29) is 17.0 Å². The fraction of sp³-hybridized carbons (Fsp3) is 0.133. The van der Waals surface area contributed by atoms with Gasteiger partial charge in [-0.15, -0.1) is 0 Å². The number of hydrogen-bond donors (Lipinski definition) is 0. The van der Waals surface area contributed by atoms with Gasteiger partial charge in [0, 0.05) is 11.4 Å². The number of hydrogen-bond acceptors (Lipinski definition) is 1. The van der Waals surface area contributed by atoms with Crippen LogP contribution in [0.3, 0.4) is 0 Å². The van der Waals surface area contributed by atoms with Gasteiger partial charge in [0.25, 0.3) is 0 Å². The first kappa shape index (κ1) is 14.6. The van der Waals surface area contributed by atoms with E-state index < -0.39 is 28.8 Å². The molecule has 0 fully saturated rings. The van der Waals surface area contributed by atoms with Crippen LogP contribution in [0.25, 0.3) is 0 Å². The lowest BCUT2D eigenvalue weighted by Crippen LogP contribution is -2.10. The zero-order valence-corrected chi connectivity index (χ0v) is 11.3. The summed E-state index contributed by atoms with van der Waals surface area (Å²) in [4.78, 5) is 12.0. The molecule has 0 saturated carbocycles. The fourth-order valence-electron chi connectivity index (χ4n) is 1.84. The van der Waals surface area contributed by atoms with Gasteiger partial charge in [0.1, 0.15) is 17.5 Å². The Labute approximate surface area is 119 Å². The number of carbonyl (C=O) groups is 1. The third-order valence-corrected chi connectivity index (χ3v) is 3.28. The summed E-state index contributed by atoms with van der Waals surface area (Å²) in [5.74, 6) is -3.08. The minimum Gasteiger partial charge on any atom is -0.294 e. The second kappa shape index (κ2) is 5.67. The first-order valence-corrected chi connectivity index (χ1v) is 6.19. The molecule has 0 amide bonds. The summed E-state index contributed by atoms with van der Waals surface area (Å²) < 4.78 is 40.3. The molecule has 2 rings (SSSR count). The summed E-state index contributed by atoms with van der Waals surface area (Å²) >= 11 is 5.79. The molecule has 0 heterocycles. The first-order valence-electron chi connectivity index (χ1n) is 5.82. The van der Waals surface area contributed by atoms with Gasteiger partial charge in [-0.25, -0.2) is 13.2 Å². The highest BCUT2D eigenvalue weighted by molar-refractivity contribution is 6.31. The SMILES string of the molecule is Cc1ccc(F)c(C(=O)Cc2ccc(F)cc2Cl)c1F. The number of carbonyl (C=O) groups excluding carboxylic acids is 1. The van der Waals surface area contributed by atoms with Crippen molar-refractivity contribution in [1.82, 2.24) is 0 Å². The van der Waals surface area contributed by atoms with Crippen molar-refractivity contribution in [3.05, 3.63) is 69.5 Å². The van der Waals surface area contributed by atoms with Gasteiger partial charge < -0.3 is 0 Å². The predicted octanol–water partition coefficient (Wildman–Crippen LogP) is 4.49. The molecule has 0 aliphatic carbocycles. The van der Waals surface area contributed by atoms with Crippen LogP contribution in [-0.2, 0) is 6.42 Å². The van der Waals surface area contributed by atoms with Crippen molar-refractivity contribution in [1.29, 1.82) is 0 Å². The van der Waals surface area contributed by atoms with E-state index >= 15 is 0 Å². The van der Waals surface area contributed by atoms with E-state index in [0.717, 1.165) is 18.2 Å². The molecular formula is C15H10ClF3O. The third-order valence-electron chi connectivity index (χ3n) is 2.93. The van der Waals surface area contributed by atoms with E-state index in [4.69, 9.17) is 11.6 Å². The number of rotatable bonds is 3. The van der Waals surface area contributed by atoms with Crippen LogP contribution in [0.15, 0.2) is 30.3 Å². The normalized spacial score (nSPS) is 10.7. The van der Waals surface area contributed by atoms with Gasteiger partial charge in [-0.3, -0.25) is 4.79 Å². The van der Waals surface area contributed by atoms with Crippen LogP contribution in [0.2, 0.25) is 5.02 Å². The van der Waals surface area contributed by atoms with Gasteiger partial charge in [0.15, 0.2) is 5.78 Å². The van der Waals surface area contributed by atoms with Crippen LogP contribution in [0, 0.1) is 24.4 Å². The largest absolute Gasteiger partial charge is 0.294 e. The lowest BCUT2D eigenvalue weighted by atomic mass is 10.00. The van der Waals surface area contributed by atoms with Crippen LogP contribution in [0.4, 0.5) is 13.2 Å². The summed E-state index contributed by atoms with van der Waals surface area (Å²) in [6, 6.07) is 5.80. The standard InChI is InChI=1S/C15H10ClF3O/c1-8-2-5-12(18)14(15(8)19)13(20)6-9-3-4-10(17)7-11(9)16/h2-5,7H,6H2,1H3. The van der Waals surface area contributed by atoms with E-state index in [0.29, 0.717) is 5.56 Å². The molecule has 20 heavy (non-hydrogen) atoms. The van der Waals surface area contributed by atoms with Crippen molar-refractivity contribution in [3.63, 3.8) is 0 Å². The lowest BCUT2D eigenvalue weighted by Gasteiger charge is -2.08. The molecule has 0 spiro atoms. The van der Waals surface area contributed by atoms with Crippen molar-refractivity contribution >= 4 is 17.4 Å². The van der Waals surface area contributed by atoms with Crippen molar-refractivity contribution < 1.29 is 18.0 Å². The molecule has 0 N–H and O–H groups in total. The highest BCUT2D eigenvalue weighted by Gasteiger charge is 2.20. The Morgan fingerprint density at radius 2 is 1.85 bits per heavy atom. The quantitative estimate of drug-likeness (QED) is 0.763. The van der Waals surface area contributed by atoms with E-state index in [1.165, 1.54) is 19.1 Å². The zero-order valence-electron chi connectivity index (χ0n) is 10.5. The van der Waals surface area contributed by atoms with Gasteiger partial charge in [-0.05, 0) is 36.2 Å². The molecule has 0 aliphatic rings. The van der Waals surface area contributed by atoms with Crippen molar-refractivity contribution in [3.8, 4) is 0 Å². The maximum absolute atomic E-state index is 13.8. The second-order valence-corrected chi connectivity index (χ2v) is 4.80. The first-order chi connectivity index (χ1) is 9.40. The van der Waals surface area contributed by atoms with E-state index in [1.54, 1.807) is 0 Å². The Morgan fingerprint density at radius 3 is 2.50 bits per heavy atom. The molecule has 104 valence electrons. The van der Waals surface area contributed by atoms with Crippen LogP contribution in [0.1, 0.15) is 21.5 Å². The molecule has 0 radical (unpaired) electrons. The maximum atomic E-state index is 13.8. The van der Waals surface area contributed by atoms with Gasteiger partial charge in [-0.2, -0.15) is 0 Å². The van der Waals surface area contributed by atoms with Crippen molar-refractivity contribution in [2.45, 2.75) is 13.3 Å². The Bertz CT molecular complexity index is 683. The smallest absolute Gasteiger partial charge is 0.173 e. The Hall–Kier alpha value is -1.81. The number of Topliss-reactive ketones (excluding diaryl/α,β-unsaturated/α-hetero) is 1. The molecule has 0 unspecified atom stereocenters. The van der Waals surface area contributed by atoms with Crippen LogP contribution in [0.5, 0.6) is 0 Å². The van der Waals surface area contributed by atoms with Crippen LogP contribution < -0.4 is 0 Å². The van der Waals surface area contributed by atoms with E-state index in [2.05, 4.69) is 0 Å². The molecule has 2 aromatic rings. The topological polar surface area (TPSA) is 17.1 Å². The van der Waals surface area contributed by atoms with Gasteiger partial charge >= 0.3 is 0 Å². The molecule has 2 aromatic carbocycles. The molecular weight excluding hydrogens is 289 g/mol. The van der Waals surface area contributed by atoms with Gasteiger partial charge in [0.2, 0.25) is 0 Å². The number of benzene rings is 2. The molecule has 5 heteroatoms. The molecule has 0 saturated heterocycles. The summed E-state index contributed by atoms with van der Waals surface area (Å²) in [7, 11) is 0. The Kier molecular flexibility index (Phi) is 4.14. The predicted molar refractivity (Wildman–Crippen MR) is 70.5 cm³/mol. The van der Waals surface area contributed by atoms with Gasteiger partial charge in [-0.1, -0.05) is 23.7 Å². The number of aryl methyl sites for hydroxylation is 1. The monoisotopic (exact) mass is 298 g/mol. The molecule has 0 aromatic heterocycles. The highest BCUT2D eigenvalue weighted by atomic mass is 35.5. The van der Waals surface area contributed by atoms with Crippen LogP contribution >= 0.6 is 11.6 Å². The van der Waals surface area contributed by atoms with E-state index in [9.17, 15) is 18.0 Å². The fourth-order valence-corrected chi connectivity index (χ4v) is 2.07. The second-order valence-electron chi connectivity index (χ2n) is 4.39. The maximum Gasteiger partial charge on any atom is 0.173 e. The molecule has 0 bridgehead atoms. The third kappa shape index (κ3) is 2.85. The minimum atomic E-state index is -0.920. The lowest BCUT2D eigenvalue weighted by molar-refractivity contribution is 0.0984. The summed E-state index contributed by atoms with van der Waals surface area (Å²) in [5.41, 5.74) is -0.0938. The van der Waals surface area contributed by atoms with Crippen LogP contribution in [-0.4, -0.2) is 5.78 Å². The van der Waals surface area contributed by atoms with Crippen molar-refractivity contribution in [2.75, 3.05) is 0 Å². The number of ketones is 1. The molecule has 0 aliphatic heterocycles.